The van der Waals surface area contributed by atoms with Gasteiger partial charge in [0, 0.05) is 31.1 Å². The number of hydrogen-bond acceptors (Lipinski definition) is 3. The Morgan fingerprint density at radius 1 is 1.15 bits per heavy atom. The number of carbonyl (C=O) groups excluding carboxylic acids is 1. The summed E-state index contributed by atoms with van der Waals surface area (Å²) in [6.07, 6.45) is 1.10. The van der Waals surface area contributed by atoms with E-state index in [0.717, 1.165) is 0 Å². The van der Waals surface area contributed by atoms with Crippen LogP contribution in [0.3, 0.4) is 0 Å². The molecule has 1 heterocycles. The van der Waals surface area contributed by atoms with Crippen LogP contribution >= 0.6 is 0 Å². The first kappa shape index (κ1) is 19.0. The number of carbonyl (C=O) groups is 1. The van der Waals surface area contributed by atoms with Gasteiger partial charge in [-0.25, -0.2) is 8.78 Å². The van der Waals surface area contributed by atoms with E-state index in [9.17, 15) is 18.8 Å². The Morgan fingerprint density at radius 3 is 2.52 bits per heavy atom. The van der Waals surface area contributed by atoms with Crippen molar-refractivity contribution in [2.45, 2.75) is 25.3 Å². The molecular formula is C21H20F2N2O2. The van der Waals surface area contributed by atoms with Crippen molar-refractivity contribution in [1.82, 2.24) is 5.32 Å². The lowest BCUT2D eigenvalue weighted by Gasteiger charge is -2.22. The fourth-order valence-electron chi connectivity index (χ4n) is 3.19. The lowest BCUT2D eigenvalue weighted by Crippen LogP contribution is -2.41. The van der Waals surface area contributed by atoms with Gasteiger partial charge in [0.2, 0.25) is 5.91 Å². The van der Waals surface area contributed by atoms with Crippen molar-refractivity contribution in [3.05, 3.63) is 59.7 Å². The number of nitriles is 1. The minimum atomic E-state index is -0.989. The Kier molecular flexibility index (Phi) is 6.15. The van der Waals surface area contributed by atoms with Gasteiger partial charge in [-0.15, -0.1) is 0 Å². The van der Waals surface area contributed by atoms with Crippen LogP contribution in [-0.4, -0.2) is 25.2 Å². The first-order valence-corrected chi connectivity index (χ1v) is 8.90. The maximum atomic E-state index is 14.5. The topological polar surface area (TPSA) is 62.1 Å². The van der Waals surface area contributed by atoms with Gasteiger partial charge < -0.3 is 10.1 Å². The quantitative estimate of drug-likeness (QED) is 0.875. The summed E-state index contributed by atoms with van der Waals surface area (Å²) in [6, 6.07) is 12.7. The highest BCUT2D eigenvalue weighted by atomic mass is 19.2. The van der Waals surface area contributed by atoms with E-state index in [1.165, 1.54) is 12.1 Å². The molecule has 3 rings (SSSR count). The van der Waals surface area contributed by atoms with Crippen molar-refractivity contribution in [3.8, 4) is 17.2 Å². The van der Waals surface area contributed by atoms with Crippen LogP contribution in [-0.2, 0) is 16.0 Å². The molecule has 1 fully saturated rings. The molecule has 1 saturated heterocycles. The van der Waals surface area contributed by atoms with E-state index in [2.05, 4.69) is 5.32 Å². The van der Waals surface area contributed by atoms with E-state index in [1.54, 1.807) is 30.3 Å². The number of nitrogens with zero attached hydrogens (tertiary/aromatic N) is 1. The average molecular weight is 370 g/mol. The normalized spacial score (nSPS) is 15.7. The Balaban J connectivity index is 1.73. The molecule has 1 N–H and O–H groups in total. The van der Waals surface area contributed by atoms with Crippen molar-refractivity contribution in [3.63, 3.8) is 0 Å². The van der Waals surface area contributed by atoms with Crippen LogP contribution < -0.4 is 5.32 Å². The molecule has 0 radical (unpaired) electrons. The van der Waals surface area contributed by atoms with Gasteiger partial charge in [-0.2, -0.15) is 5.26 Å². The van der Waals surface area contributed by atoms with Gasteiger partial charge in [0.1, 0.15) is 6.04 Å². The van der Waals surface area contributed by atoms with Gasteiger partial charge in [0.15, 0.2) is 11.6 Å². The van der Waals surface area contributed by atoms with Crippen molar-refractivity contribution in [2.75, 3.05) is 13.2 Å². The van der Waals surface area contributed by atoms with Crippen LogP contribution in [0.4, 0.5) is 8.78 Å². The number of amides is 1. The Morgan fingerprint density at radius 2 is 1.85 bits per heavy atom. The van der Waals surface area contributed by atoms with E-state index < -0.39 is 17.7 Å². The van der Waals surface area contributed by atoms with Crippen molar-refractivity contribution >= 4 is 5.91 Å². The molecule has 0 aromatic heterocycles. The molecule has 1 aliphatic heterocycles. The molecule has 140 valence electrons. The summed E-state index contributed by atoms with van der Waals surface area (Å²) in [5.74, 6) is -2.40. The Hall–Kier alpha value is -2.78. The third-order valence-electron chi connectivity index (χ3n) is 4.74. The fraction of sp³-hybridized carbons (Fsp3) is 0.333. The monoisotopic (exact) mass is 370 g/mol. The zero-order valence-electron chi connectivity index (χ0n) is 14.8. The number of rotatable bonds is 5. The lowest BCUT2D eigenvalue weighted by molar-refractivity contribution is -0.128. The fourth-order valence-corrected chi connectivity index (χ4v) is 3.19. The van der Waals surface area contributed by atoms with Crippen LogP contribution in [0, 0.1) is 28.9 Å². The minimum Gasteiger partial charge on any atom is -0.381 e. The number of hydrogen-bond donors (Lipinski definition) is 1. The zero-order valence-corrected chi connectivity index (χ0v) is 14.8. The van der Waals surface area contributed by atoms with Gasteiger partial charge in [-0.1, -0.05) is 42.5 Å². The minimum absolute atomic E-state index is 0.0611. The molecule has 2 aromatic carbocycles. The number of nitrogens with one attached hydrogen (secondary N) is 1. The van der Waals surface area contributed by atoms with Crippen molar-refractivity contribution in [2.24, 2.45) is 5.92 Å². The van der Waals surface area contributed by atoms with E-state index in [1.807, 2.05) is 6.07 Å². The van der Waals surface area contributed by atoms with Gasteiger partial charge in [0.25, 0.3) is 0 Å². The number of ether oxygens (including phenoxy) is 1. The Bertz CT molecular complexity index is 843. The molecular weight excluding hydrogens is 350 g/mol. The van der Waals surface area contributed by atoms with Crippen LogP contribution in [0.1, 0.15) is 18.4 Å². The predicted molar refractivity (Wildman–Crippen MR) is 96.6 cm³/mol. The second-order valence-corrected chi connectivity index (χ2v) is 6.55. The molecule has 6 heteroatoms. The molecule has 0 spiro atoms. The second-order valence-electron chi connectivity index (χ2n) is 6.55. The van der Waals surface area contributed by atoms with E-state index in [-0.39, 0.29) is 29.4 Å². The number of benzene rings is 2. The van der Waals surface area contributed by atoms with E-state index >= 15 is 0 Å². The molecule has 1 amide bonds. The van der Waals surface area contributed by atoms with Crippen molar-refractivity contribution in [1.29, 1.82) is 5.26 Å². The third kappa shape index (κ3) is 4.50. The van der Waals surface area contributed by atoms with Gasteiger partial charge in [-0.3, -0.25) is 4.79 Å². The molecule has 0 bridgehead atoms. The molecule has 0 saturated carbocycles. The SMILES string of the molecule is N#C[C@H](Cc1ccc(-c2ccccc2)c(F)c1F)NC(=O)C1CCOCC1. The van der Waals surface area contributed by atoms with E-state index in [0.29, 0.717) is 31.6 Å². The zero-order chi connectivity index (χ0) is 19.2. The molecule has 0 unspecified atom stereocenters. The molecule has 1 atom stereocenters. The highest BCUT2D eigenvalue weighted by Gasteiger charge is 2.25. The summed E-state index contributed by atoms with van der Waals surface area (Å²) in [4.78, 5) is 12.3. The third-order valence-corrected chi connectivity index (χ3v) is 4.74. The maximum Gasteiger partial charge on any atom is 0.224 e. The van der Waals surface area contributed by atoms with Crippen molar-refractivity contribution < 1.29 is 18.3 Å². The molecule has 1 aliphatic rings. The van der Waals surface area contributed by atoms with Gasteiger partial charge in [-0.05, 0) is 24.0 Å². The first-order chi connectivity index (χ1) is 13.1. The molecule has 4 nitrogen and oxygen atoms in total. The highest BCUT2D eigenvalue weighted by Crippen LogP contribution is 2.27. The second kappa shape index (κ2) is 8.74. The van der Waals surface area contributed by atoms with Gasteiger partial charge in [0.05, 0.1) is 6.07 Å². The standard InChI is InChI=1S/C21H20F2N2O2/c22-19-16(6-7-18(20(19)23)14-4-2-1-3-5-14)12-17(13-24)25-21(26)15-8-10-27-11-9-15/h1-7,15,17H,8-12H2,(H,25,26)/t17-/m0/s1. The Labute approximate surface area is 156 Å². The average Bonchev–Trinajstić information content (AvgIpc) is 2.72. The molecule has 27 heavy (non-hydrogen) atoms. The largest absolute Gasteiger partial charge is 0.381 e. The first-order valence-electron chi connectivity index (χ1n) is 8.90. The van der Waals surface area contributed by atoms with Crippen LogP contribution in [0.5, 0.6) is 0 Å². The number of halogens is 2. The lowest BCUT2D eigenvalue weighted by atomic mass is 9.97. The predicted octanol–water partition coefficient (Wildman–Crippen LogP) is 3.61. The summed E-state index contributed by atoms with van der Waals surface area (Å²) in [6.45, 7) is 1.02. The summed E-state index contributed by atoms with van der Waals surface area (Å²) >= 11 is 0. The highest BCUT2D eigenvalue weighted by molar-refractivity contribution is 5.79. The summed E-state index contributed by atoms with van der Waals surface area (Å²) in [5, 5.41) is 12.0. The van der Waals surface area contributed by atoms with Gasteiger partial charge >= 0.3 is 0 Å². The maximum absolute atomic E-state index is 14.5. The summed E-state index contributed by atoms with van der Waals surface area (Å²) in [5.41, 5.74) is 0.799. The smallest absolute Gasteiger partial charge is 0.224 e. The van der Waals surface area contributed by atoms with Crippen LogP contribution in [0.2, 0.25) is 0 Å². The summed E-state index contributed by atoms with van der Waals surface area (Å²) in [7, 11) is 0. The molecule has 0 aliphatic carbocycles. The summed E-state index contributed by atoms with van der Waals surface area (Å²) < 4.78 is 34.2. The molecule has 2 aromatic rings. The van der Waals surface area contributed by atoms with E-state index in [4.69, 9.17) is 4.74 Å². The van der Waals surface area contributed by atoms with Crippen LogP contribution in [0.25, 0.3) is 11.1 Å². The van der Waals surface area contributed by atoms with Crippen LogP contribution in [0.15, 0.2) is 42.5 Å².